The van der Waals surface area contributed by atoms with Crippen molar-refractivity contribution >= 4 is 5.91 Å². The van der Waals surface area contributed by atoms with Crippen molar-refractivity contribution in [3.8, 4) is 11.5 Å². The van der Waals surface area contributed by atoms with Crippen LogP contribution in [0.4, 0.5) is 0 Å². The average molecular weight is 414 g/mol. The standard InChI is InChI=1S/C23H31N3O4/c1-16-20(17(2)30-24-16)15-29-21-7-6-18(14-22(21)28-3)23(27)26-12-8-19(9-13-26)25-10-4-5-11-25/h6-7,14,19H,4-5,8-13,15H2,1-3H3. The summed E-state index contributed by atoms with van der Waals surface area (Å²) in [4.78, 5) is 17.6. The highest BCUT2D eigenvalue weighted by Gasteiger charge is 2.29. The molecule has 162 valence electrons. The van der Waals surface area contributed by atoms with Gasteiger partial charge < -0.3 is 23.8 Å². The van der Waals surface area contributed by atoms with Crippen LogP contribution >= 0.6 is 0 Å². The Kier molecular flexibility index (Phi) is 6.27. The smallest absolute Gasteiger partial charge is 0.253 e. The number of hydrogen-bond donors (Lipinski definition) is 0. The fourth-order valence-corrected chi connectivity index (χ4v) is 4.50. The third-order valence-corrected chi connectivity index (χ3v) is 6.37. The topological polar surface area (TPSA) is 68.0 Å². The Morgan fingerprint density at radius 2 is 1.87 bits per heavy atom. The summed E-state index contributed by atoms with van der Waals surface area (Å²) < 4.78 is 16.6. The highest BCUT2D eigenvalue weighted by atomic mass is 16.5. The Morgan fingerprint density at radius 3 is 2.50 bits per heavy atom. The van der Waals surface area contributed by atoms with Crippen molar-refractivity contribution < 1.29 is 18.8 Å². The fraction of sp³-hybridized carbons (Fsp3) is 0.565. The summed E-state index contributed by atoms with van der Waals surface area (Å²) in [5.41, 5.74) is 2.38. The first-order valence-electron chi connectivity index (χ1n) is 10.8. The number of likely N-dealkylation sites (tertiary alicyclic amines) is 2. The lowest BCUT2D eigenvalue weighted by Gasteiger charge is -2.36. The van der Waals surface area contributed by atoms with Crippen molar-refractivity contribution in [1.82, 2.24) is 15.0 Å². The average Bonchev–Trinajstić information content (AvgIpc) is 3.42. The molecule has 2 aliphatic rings. The van der Waals surface area contributed by atoms with Crippen LogP contribution in [0.1, 0.15) is 53.1 Å². The van der Waals surface area contributed by atoms with Crippen LogP contribution in [-0.2, 0) is 6.61 Å². The largest absolute Gasteiger partial charge is 0.493 e. The SMILES string of the molecule is COc1cc(C(=O)N2CCC(N3CCCC3)CC2)ccc1OCc1c(C)noc1C. The van der Waals surface area contributed by atoms with Crippen LogP contribution in [0.2, 0.25) is 0 Å². The van der Waals surface area contributed by atoms with Gasteiger partial charge in [-0.1, -0.05) is 5.16 Å². The van der Waals surface area contributed by atoms with Gasteiger partial charge in [0.25, 0.3) is 5.91 Å². The maximum Gasteiger partial charge on any atom is 0.253 e. The third kappa shape index (κ3) is 4.31. The monoisotopic (exact) mass is 413 g/mol. The molecule has 7 nitrogen and oxygen atoms in total. The van der Waals surface area contributed by atoms with Crippen molar-refractivity contribution in [2.45, 2.75) is 52.2 Å². The minimum Gasteiger partial charge on any atom is -0.493 e. The number of rotatable bonds is 6. The van der Waals surface area contributed by atoms with Gasteiger partial charge in [-0.3, -0.25) is 4.79 Å². The molecule has 0 saturated carbocycles. The first kappa shape index (κ1) is 20.7. The van der Waals surface area contributed by atoms with Crippen LogP contribution in [0.25, 0.3) is 0 Å². The number of benzene rings is 1. The van der Waals surface area contributed by atoms with Gasteiger partial charge in [0, 0.05) is 24.7 Å². The molecule has 0 N–H and O–H groups in total. The second-order valence-electron chi connectivity index (χ2n) is 8.22. The van der Waals surface area contributed by atoms with E-state index in [4.69, 9.17) is 14.0 Å². The van der Waals surface area contributed by atoms with Crippen molar-refractivity contribution in [2.24, 2.45) is 0 Å². The van der Waals surface area contributed by atoms with E-state index >= 15 is 0 Å². The van der Waals surface area contributed by atoms with Crippen LogP contribution in [0.3, 0.4) is 0 Å². The summed E-state index contributed by atoms with van der Waals surface area (Å²) in [5.74, 6) is 1.96. The summed E-state index contributed by atoms with van der Waals surface area (Å²) in [6, 6.07) is 6.03. The number of ether oxygens (including phenoxy) is 2. The molecule has 3 heterocycles. The predicted octanol–water partition coefficient (Wildman–Crippen LogP) is 3.58. The van der Waals surface area contributed by atoms with E-state index in [2.05, 4.69) is 10.1 Å². The van der Waals surface area contributed by atoms with Crippen LogP contribution in [0, 0.1) is 13.8 Å². The summed E-state index contributed by atoms with van der Waals surface area (Å²) in [7, 11) is 1.59. The lowest BCUT2D eigenvalue weighted by molar-refractivity contribution is 0.0644. The highest BCUT2D eigenvalue weighted by Crippen LogP contribution is 2.30. The molecule has 1 aromatic carbocycles. The number of carbonyl (C=O) groups excluding carboxylic acids is 1. The zero-order chi connectivity index (χ0) is 21.1. The van der Waals surface area contributed by atoms with Gasteiger partial charge in [-0.2, -0.15) is 0 Å². The summed E-state index contributed by atoms with van der Waals surface area (Å²) in [6.07, 6.45) is 4.73. The maximum absolute atomic E-state index is 13.0. The van der Waals surface area contributed by atoms with E-state index in [0.29, 0.717) is 29.7 Å². The van der Waals surface area contributed by atoms with Crippen LogP contribution in [0.5, 0.6) is 11.5 Å². The lowest BCUT2D eigenvalue weighted by atomic mass is 10.0. The molecule has 0 atom stereocenters. The number of amides is 1. The van der Waals surface area contributed by atoms with E-state index in [1.54, 1.807) is 19.2 Å². The summed E-state index contributed by atoms with van der Waals surface area (Å²) >= 11 is 0. The number of methoxy groups -OCH3 is 1. The first-order valence-corrected chi connectivity index (χ1v) is 10.8. The van der Waals surface area contributed by atoms with Crippen LogP contribution in [0.15, 0.2) is 22.7 Å². The zero-order valence-electron chi connectivity index (χ0n) is 18.1. The molecular formula is C23H31N3O4. The molecule has 2 aromatic rings. The maximum atomic E-state index is 13.0. The van der Waals surface area contributed by atoms with E-state index in [9.17, 15) is 4.79 Å². The van der Waals surface area contributed by atoms with Gasteiger partial charge in [-0.05, 0) is 70.8 Å². The normalized spacial score (nSPS) is 18.0. The van der Waals surface area contributed by atoms with E-state index in [-0.39, 0.29) is 5.91 Å². The Morgan fingerprint density at radius 1 is 1.13 bits per heavy atom. The molecule has 0 bridgehead atoms. The van der Waals surface area contributed by atoms with Gasteiger partial charge in [0.05, 0.1) is 18.4 Å². The van der Waals surface area contributed by atoms with Gasteiger partial charge in [0.1, 0.15) is 12.4 Å². The molecule has 30 heavy (non-hydrogen) atoms. The van der Waals surface area contributed by atoms with E-state index in [1.807, 2.05) is 24.8 Å². The number of aryl methyl sites for hydroxylation is 2. The second kappa shape index (κ2) is 9.08. The number of aromatic nitrogens is 1. The van der Waals surface area contributed by atoms with Gasteiger partial charge in [-0.25, -0.2) is 0 Å². The van der Waals surface area contributed by atoms with Crippen molar-refractivity contribution in [3.63, 3.8) is 0 Å². The Balaban J connectivity index is 1.39. The number of piperidine rings is 1. The molecule has 1 aromatic heterocycles. The molecule has 0 spiro atoms. The van der Waals surface area contributed by atoms with E-state index < -0.39 is 0 Å². The van der Waals surface area contributed by atoms with Gasteiger partial charge in [0.15, 0.2) is 11.5 Å². The molecule has 2 saturated heterocycles. The molecule has 0 aliphatic carbocycles. The number of carbonyl (C=O) groups is 1. The molecule has 0 radical (unpaired) electrons. The molecular weight excluding hydrogens is 382 g/mol. The molecule has 4 rings (SSSR count). The number of nitrogens with zero attached hydrogens (tertiary/aromatic N) is 3. The van der Waals surface area contributed by atoms with Gasteiger partial charge in [0.2, 0.25) is 0 Å². The third-order valence-electron chi connectivity index (χ3n) is 6.37. The number of hydrogen-bond acceptors (Lipinski definition) is 6. The Hall–Kier alpha value is -2.54. The molecule has 7 heteroatoms. The van der Waals surface area contributed by atoms with E-state index in [0.717, 1.165) is 42.9 Å². The van der Waals surface area contributed by atoms with E-state index in [1.165, 1.54) is 25.9 Å². The quantitative estimate of drug-likeness (QED) is 0.721. The van der Waals surface area contributed by atoms with Crippen molar-refractivity contribution in [3.05, 3.63) is 40.8 Å². The second-order valence-corrected chi connectivity index (χ2v) is 8.22. The molecule has 1 amide bonds. The van der Waals surface area contributed by atoms with Crippen molar-refractivity contribution in [2.75, 3.05) is 33.3 Å². The Labute approximate surface area is 177 Å². The Bertz CT molecular complexity index is 861. The predicted molar refractivity (Wildman–Crippen MR) is 113 cm³/mol. The van der Waals surface area contributed by atoms with Crippen molar-refractivity contribution in [1.29, 1.82) is 0 Å². The fourth-order valence-electron chi connectivity index (χ4n) is 4.50. The molecule has 2 aliphatic heterocycles. The summed E-state index contributed by atoms with van der Waals surface area (Å²) in [5, 5.41) is 3.95. The highest BCUT2D eigenvalue weighted by molar-refractivity contribution is 5.95. The minimum atomic E-state index is 0.0606. The molecule has 0 unspecified atom stereocenters. The summed E-state index contributed by atoms with van der Waals surface area (Å²) in [6.45, 7) is 8.15. The first-order chi connectivity index (χ1) is 14.6. The zero-order valence-corrected chi connectivity index (χ0v) is 18.1. The van der Waals surface area contributed by atoms with Crippen LogP contribution < -0.4 is 9.47 Å². The van der Waals surface area contributed by atoms with Gasteiger partial charge in [-0.15, -0.1) is 0 Å². The minimum absolute atomic E-state index is 0.0606. The molecule has 2 fully saturated rings. The van der Waals surface area contributed by atoms with Gasteiger partial charge >= 0.3 is 0 Å². The van der Waals surface area contributed by atoms with Crippen LogP contribution in [-0.4, -0.2) is 60.2 Å². The lowest BCUT2D eigenvalue weighted by Crippen LogP contribution is -2.45.